The molecule has 0 spiro atoms. The lowest BCUT2D eigenvalue weighted by Crippen LogP contribution is -2.21. The molecule has 2 aromatic heterocycles. The molecule has 4 nitrogen and oxygen atoms in total. The second kappa shape index (κ2) is 7.93. The lowest BCUT2D eigenvalue weighted by molar-refractivity contribution is 0.0919. The maximum Gasteiger partial charge on any atom is 0.287 e. The van der Waals surface area contributed by atoms with Gasteiger partial charge in [-0.15, -0.1) is 11.8 Å². The van der Waals surface area contributed by atoms with Crippen molar-refractivity contribution in [3.8, 4) is 0 Å². The van der Waals surface area contributed by atoms with E-state index in [4.69, 9.17) is 8.83 Å². The minimum atomic E-state index is -0.235. The van der Waals surface area contributed by atoms with Crippen LogP contribution in [0.3, 0.4) is 0 Å². The van der Waals surface area contributed by atoms with Crippen molar-refractivity contribution in [2.75, 3.05) is 0 Å². The lowest BCUT2D eigenvalue weighted by Gasteiger charge is -2.02. The predicted octanol–water partition coefficient (Wildman–Crippen LogP) is 4.54. The maximum absolute atomic E-state index is 12.0. The van der Waals surface area contributed by atoms with Gasteiger partial charge in [0.25, 0.3) is 5.91 Å². The van der Waals surface area contributed by atoms with Crippen LogP contribution in [0.25, 0.3) is 0 Å². The van der Waals surface area contributed by atoms with Crippen molar-refractivity contribution in [3.63, 3.8) is 0 Å². The summed E-state index contributed by atoms with van der Waals surface area (Å²) in [6.45, 7) is 2.43. The number of thioether (sulfide) groups is 1. The van der Waals surface area contributed by atoms with E-state index < -0.39 is 0 Å². The average molecular weight is 341 g/mol. The molecule has 1 amide bonds. The van der Waals surface area contributed by atoms with Crippen LogP contribution < -0.4 is 5.32 Å². The normalized spacial score (nSPS) is 10.7. The third-order valence-electron chi connectivity index (χ3n) is 3.52. The summed E-state index contributed by atoms with van der Waals surface area (Å²) in [6.07, 6.45) is 1.58. The third kappa shape index (κ3) is 4.55. The van der Waals surface area contributed by atoms with Crippen molar-refractivity contribution in [1.82, 2.24) is 5.32 Å². The first kappa shape index (κ1) is 16.5. The standard InChI is InChI=1S/C19H19NO3S/c1-14-4-6-15(7-5-14)12-24-13-17-8-9-18(23-17)19(21)20-11-16-3-2-10-22-16/h2-10H,11-13H2,1H3,(H,20,21). The molecule has 124 valence electrons. The Kier molecular flexibility index (Phi) is 5.43. The number of carbonyl (C=O) groups excluding carboxylic acids is 1. The monoisotopic (exact) mass is 341 g/mol. The molecule has 24 heavy (non-hydrogen) atoms. The molecule has 0 atom stereocenters. The maximum atomic E-state index is 12.0. The van der Waals surface area contributed by atoms with E-state index in [9.17, 15) is 4.79 Å². The largest absolute Gasteiger partial charge is 0.467 e. The first-order valence-corrected chi connectivity index (χ1v) is 8.89. The van der Waals surface area contributed by atoms with Crippen LogP contribution in [-0.4, -0.2) is 5.91 Å². The van der Waals surface area contributed by atoms with Gasteiger partial charge in [0, 0.05) is 5.75 Å². The van der Waals surface area contributed by atoms with E-state index in [0.29, 0.717) is 18.1 Å². The lowest BCUT2D eigenvalue weighted by atomic mass is 10.2. The fraction of sp³-hybridized carbons (Fsp3) is 0.211. The molecule has 0 radical (unpaired) electrons. The molecule has 0 saturated carbocycles. The van der Waals surface area contributed by atoms with E-state index >= 15 is 0 Å². The van der Waals surface area contributed by atoms with Crippen molar-refractivity contribution < 1.29 is 13.6 Å². The SMILES string of the molecule is Cc1ccc(CSCc2ccc(C(=O)NCc3ccco3)o2)cc1. The number of carbonyl (C=O) groups is 1. The molecule has 3 aromatic rings. The minimum absolute atomic E-state index is 0.235. The Balaban J connectivity index is 1.46. The molecule has 0 fully saturated rings. The fourth-order valence-electron chi connectivity index (χ4n) is 2.20. The van der Waals surface area contributed by atoms with Gasteiger partial charge in [0.2, 0.25) is 0 Å². The van der Waals surface area contributed by atoms with E-state index in [0.717, 1.165) is 17.3 Å². The first-order chi connectivity index (χ1) is 11.7. The summed E-state index contributed by atoms with van der Waals surface area (Å²) >= 11 is 1.76. The number of nitrogens with one attached hydrogen (secondary N) is 1. The summed E-state index contributed by atoms with van der Waals surface area (Å²) in [4.78, 5) is 12.0. The molecule has 0 aliphatic rings. The zero-order valence-corrected chi connectivity index (χ0v) is 14.3. The topological polar surface area (TPSA) is 55.4 Å². The molecule has 0 unspecified atom stereocenters. The Morgan fingerprint density at radius 1 is 1.04 bits per heavy atom. The Morgan fingerprint density at radius 2 is 1.88 bits per heavy atom. The van der Waals surface area contributed by atoms with E-state index in [-0.39, 0.29) is 5.91 Å². The second-order valence-electron chi connectivity index (χ2n) is 5.51. The average Bonchev–Trinajstić information content (AvgIpc) is 3.26. The van der Waals surface area contributed by atoms with Crippen LogP contribution in [-0.2, 0) is 18.1 Å². The van der Waals surface area contributed by atoms with E-state index in [1.165, 1.54) is 11.1 Å². The third-order valence-corrected chi connectivity index (χ3v) is 4.55. The smallest absolute Gasteiger partial charge is 0.287 e. The molecule has 0 aliphatic heterocycles. The van der Waals surface area contributed by atoms with Crippen LogP contribution in [0.4, 0.5) is 0 Å². The highest BCUT2D eigenvalue weighted by atomic mass is 32.2. The summed E-state index contributed by atoms with van der Waals surface area (Å²) in [5, 5.41) is 2.77. The minimum Gasteiger partial charge on any atom is -0.467 e. The highest BCUT2D eigenvalue weighted by Crippen LogP contribution is 2.20. The summed E-state index contributed by atoms with van der Waals surface area (Å²) in [7, 11) is 0. The van der Waals surface area contributed by atoms with Crippen LogP contribution in [0, 0.1) is 6.92 Å². The van der Waals surface area contributed by atoms with Crippen molar-refractivity contribution >= 4 is 17.7 Å². The summed E-state index contributed by atoms with van der Waals surface area (Å²) < 4.78 is 10.8. The van der Waals surface area contributed by atoms with Crippen molar-refractivity contribution in [3.05, 3.63) is 83.2 Å². The number of hydrogen-bond donors (Lipinski definition) is 1. The summed E-state index contributed by atoms with van der Waals surface area (Å²) in [5.74, 6) is 3.26. The number of furan rings is 2. The van der Waals surface area contributed by atoms with Gasteiger partial charge in [0.15, 0.2) is 5.76 Å². The number of benzene rings is 1. The van der Waals surface area contributed by atoms with Gasteiger partial charge in [-0.3, -0.25) is 4.79 Å². The van der Waals surface area contributed by atoms with Crippen molar-refractivity contribution in [2.45, 2.75) is 25.0 Å². The summed E-state index contributed by atoms with van der Waals surface area (Å²) in [5.41, 5.74) is 2.55. The van der Waals surface area contributed by atoms with Gasteiger partial charge < -0.3 is 14.2 Å². The second-order valence-corrected chi connectivity index (χ2v) is 6.49. The molecule has 5 heteroatoms. The van der Waals surface area contributed by atoms with Gasteiger partial charge >= 0.3 is 0 Å². The van der Waals surface area contributed by atoms with E-state index in [2.05, 4.69) is 36.5 Å². The molecule has 1 N–H and O–H groups in total. The Bertz CT molecular complexity index is 775. The van der Waals surface area contributed by atoms with Gasteiger partial charge in [-0.05, 0) is 36.8 Å². The zero-order chi connectivity index (χ0) is 16.8. The van der Waals surface area contributed by atoms with Crippen molar-refractivity contribution in [2.24, 2.45) is 0 Å². The summed E-state index contributed by atoms with van der Waals surface area (Å²) in [6, 6.07) is 15.7. The number of hydrogen-bond acceptors (Lipinski definition) is 4. The highest BCUT2D eigenvalue weighted by Gasteiger charge is 2.11. The quantitative estimate of drug-likeness (QED) is 0.685. The fourth-order valence-corrected chi connectivity index (χ4v) is 3.09. The zero-order valence-electron chi connectivity index (χ0n) is 13.5. The molecular weight excluding hydrogens is 322 g/mol. The molecule has 3 rings (SSSR count). The van der Waals surface area contributed by atoms with Gasteiger partial charge in [-0.1, -0.05) is 29.8 Å². The van der Waals surface area contributed by atoms with Gasteiger partial charge in [-0.2, -0.15) is 0 Å². The Hall–Kier alpha value is -2.40. The Morgan fingerprint density at radius 3 is 2.62 bits per heavy atom. The first-order valence-electron chi connectivity index (χ1n) is 7.73. The van der Waals surface area contributed by atoms with Crippen LogP contribution in [0.15, 0.2) is 63.6 Å². The molecule has 1 aromatic carbocycles. The predicted molar refractivity (Wildman–Crippen MR) is 94.8 cm³/mol. The van der Waals surface area contributed by atoms with Gasteiger partial charge in [-0.25, -0.2) is 0 Å². The van der Waals surface area contributed by atoms with Crippen LogP contribution >= 0.6 is 11.8 Å². The van der Waals surface area contributed by atoms with Crippen LogP contribution in [0.1, 0.15) is 33.2 Å². The van der Waals surface area contributed by atoms with Crippen LogP contribution in [0.5, 0.6) is 0 Å². The number of aryl methyl sites for hydroxylation is 1. The number of rotatable bonds is 7. The van der Waals surface area contributed by atoms with Crippen molar-refractivity contribution in [1.29, 1.82) is 0 Å². The van der Waals surface area contributed by atoms with E-state index in [1.807, 2.05) is 12.1 Å². The molecule has 0 saturated heterocycles. The van der Waals surface area contributed by atoms with Gasteiger partial charge in [0.05, 0.1) is 18.6 Å². The van der Waals surface area contributed by atoms with Gasteiger partial charge in [0.1, 0.15) is 11.5 Å². The Labute approximate surface area is 145 Å². The number of amides is 1. The molecule has 0 bridgehead atoms. The highest BCUT2D eigenvalue weighted by molar-refractivity contribution is 7.97. The van der Waals surface area contributed by atoms with Crippen LogP contribution in [0.2, 0.25) is 0 Å². The molecule has 0 aliphatic carbocycles. The molecular formula is C19H19NO3S. The van der Waals surface area contributed by atoms with E-state index in [1.54, 1.807) is 30.2 Å². The molecule has 2 heterocycles.